The van der Waals surface area contributed by atoms with E-state index in [0.717, 1.165) is 29.6 Å². The van der Waals surface area contributed by atoms with Gasteiger partial charge in [0.15, 0.2) is 5.65 Å². The number of hydrogen-bond donors (Lipinski definition) is 2. The highest BCUT2D eigenvalue weighted by atomic mass is 16.3. The summed E-state index contributed by atoms with van der Waals surface area (Å²) in [6.45, 7) is 2.52. The van der Waals surface area contributed by atoms with Gasteiger partial charge in [0, 0.05) is 25.2 Å². The number of pyridine rings is 1. The van der Waals surface area contributed by atoms with Crippen molar-refractivity contribution in [2.24, 2.45) is 13.0 Å². The fraction of sp³-hybridized carbons (Fsp3) is 0.500. The van der Waals surface area contributed by atoms with Gasteiger partial charge in [-0.15, -0.1) is 0 Å². The monoisotopic (exact) mass is 274 g/mol. The van der Waals surface area contributed by atoms with Gasteiger partial charge >= 0.3 is 0 Å². The highest BCUT2D eigenvalue weighted by Crippen LogP contribution is 2.26. The van der Waals surface area contributed by atoms with Gasteiger partial charge in [-0.3, -0.25) is 9.48 Å². The molecule has 1 fully saturated rings. The van der Waals surface area contributed by atoms with Crippen molar-refractivity contribution < 1.29 is 9.90 Å². The van der Waals surface area contributed by atoms with Crippen LogP contribution < -0.4 is 5.32 Å². The Labute approximate surface area is 116 Å². The highest BCUT2D eigenvalue weighted by Gasteiger charge is 2.27. The third-order valence-corrected chi connectivity index (χ3v) is 3.89. The first-order valence-corrected chi connectivity index (χ1v) is 6.80. The second kappa shape index (κ2) is 4.86. The van der Waals surface area contributed by atoms with Gasteiger partial charge in [-0.05, 0) is 31.7 Å². The van der Waals surface area contributed by atoms with Crippen molar-refractivity contribution in [3.8, 4) is 0 Å². The number of aromatic nitrogens is 3. The number of hydrogen-bond acceptors (Lipinski definition) is 4. The zero-order chi connectivity index (χ0) is 14.3. The molecule has 0 atom stereocenters. The number of carbonyl (C=O) groups is 1. The van der Waals surface area contributed by atoms with E-state index < -0.39 is 0 Å². The standard InChI is InChI=1S/C14H18N4O2/c1-8-12-5-10(7-15-13(12)18(2)17-8)14(20)16-6-9-3-11(19)4-9/h5,7,9,11,19H,3-4,6H2,1-2H3,(H,16,20). The first-order valence-electron chi connectivity index (χ1n) is 6.80. The fourth-order valence-electron chi connectivity index (χ4n) is 2.64. The number of carbonyl (C=O) groups excluding carboxylic acids is 1. The Bertz CT molecular complexity index is 658. The summed E-state index contributed by atoms with van der Waals surface area (Å²) in [4.78, 5) is 16.4. The van der Waals surface area contributed by atoms with Crippen molar-refractivity contribution in [1.82, 2.24) is 20.1 Å². The molecular weight excluding hydrogens is 256 g/mol. The van der Waals surface area contributed by atoms with Crippen LogP contribution in [-0.2, 0) is 7.05 Å². The Morgan fingerprint density at radius 3 is 3.00 bits per heavy atom. The van der Waals surface area contributed by atoms with Crippen molar-refractivity contribution in [3.63, 3.8) is 0 Å². The molecule has 2 aromatic heterocycles. The van der Waals surface area contributed by atoms with Gasteiger partial charge in [0.25, 0.3) is 5.91 Å². The normalized spacial score (nSPS) is 21.8. The summed E-state index contributed by atoms with van der Waals surface area (Å²) in [5.74, 6) is 0.273. The van der Waals surface area contributed by atoms with Gasteiger partial charge in [-0.1, -0.05) is 0 Å². The van der Waals surface area contributed by atoms with E-state index in [-0.39, 0.29) is 12.0 Å². The summed E-state index contributed by atoms with van der Waals surface area (Å²) in [6.07, 6.45) is 2.94. The minimum Gasteiger partial charge on any atom is -0.393 e. The van der Waals surface area contributed by atoms with Gasteiger partial charge in [0.1, 0.15) is 0 Å². The lowest BCUT2D eigenvalue weighted by Crippen LogP contribution is -2.38. The maximum Gasteiger partial charge on any atom is 0.252 e. The Hall–Kier alpha value is -1.95. The van der Waals surface area contributed by atoms with Crippen LogP contribution in [0, 0.1) is 12.8 Å². The smallest absolute Gasteiger partial charge is 0.252 e. The molecule has 0 saturated heterocycles. The molecule has 6 nitrogen and oxygen atoms in total. The molecule has 2 aromatic rings. The van der Waals surface area contributed by atoms with Crippen LogP contribution in [-0.4, -0.2) is 38.4 Å². The van der Waals surface area contributed by atoms with Crippen LogP contribution in [0.2, 0.25) is 0 Å². The van der Waals surface area contributed by atoms with Crippen molar-refractivity contribution >= 4 is 16.9 Å². The number of fused-ring (bicyclic) bond motifs is 1. The molecule has 0 radical (unpaired) electrons. The molecule has 1 aliphatic carbocycles. The predicted molar refractivity (Wildman–Crippen MR) is 74.3 cm³/mol. The van der Waals surface area contributed by atoms with Gasteiger partial charge in [0.2, 0.25) is 0 Å². The summed E-state index contributed by atoms with van der Waals surface area (Å²) in [5.41, 5.74) is 2.20. The molecular formula is C14H18N4O2. The maximum atomic E-state index is 12.1. The molecule has 6 heteroatoms. The van der Waals surface area contributed by atoms with E-state index in [1.807, 2.05) is 20.0 Å². The largest absolute Gasteiger partial charge is 0.393 e. The molecule has 2 N–H and O–H groups in total. The molecule has 0 unspecified atom stereocenters. The zero-order valence-corrected chi connectivity index (χ0v) is 11.6. The molecule has 2 heterocycles. The number of rotatable bonds is 3. The Balaban J connectivity index is 1.72. The first-order chi connectivity index (χ1) is 9.54. The molecule has 1 saturated carbocycles. The second-order valence-corrected chi connectivity index (χ2v) is 5.51. The van der Waals surface area contributed by atoms with E-state index in [9.17, 15) is 9.90 Å². The lowest BCUT2D eigenvalue weighted by Gasteiger charge is -2.31. The molecule has 0 aliphatic heterocycles. The molecule has 1 amide bonds. The summed E-state index contributed by atoms with van der Waals surface area (Å²) >= 11 is 0. The van der Waals surface area contributed by atoms with Crippen LogP contribution in [0.4, 0.5) is 0 Å². The van der Waals surface area contributed by atoms with Crippen LogP contribution >= 0.6 is 0 Å². The molecule has 3 rings (SSSR count). The number of amides is 1. The third-order valence-electron chi connectivity index (χ3n) is 3.89. The van der Waals surface area contributed by atoms with Crippen molar-refractivity contribution in [3.05, 3.63) is 23.5 Å². The number of aliphatic hydroxyl groups is 1. The molecule has 0 bridgehead atoms. The topological polar surface area (TPSA) is 80.0 Å². The molecule has 20 heavy (non-hydrogen) atoms. The molecule has 1 aliphatic rings. The fourth-order valence-corrected chi connectivity index (χ4v) is 2.64. The predicted octanol–water partition coefficient (Wildman–Crippen LogP) is 0.777. The van der Waals surface area contributed by atoms with Gasteiger partial charge in [-0.25, -0.2) is 4.98 Å². The van der Waals surface area contributed by atoms with Gasteiger partial charge < -0.3 is 10.4 Å². The summed E-state index contributed by atoms with van der Waals surface area (Å²) < 4.78 is 1.71. The summed E-state index contributed by atoms with van der Waals surface area (Å²) in [6, 6.07) is 1.83. The number of aliphatic hydroxyl groups excluding tert-OH is 1. The number of aryl methyl sites for hydroxylation is 2. The van der Waals surface area contributed by atoms with Crippen molar-refractivity contribution in [1.29, 1.82) is 0 Å². The van der Waals surface area contributed by atoms with E-state index in [0.29, 0.717) is 18.0 Å². The quantitative estimate of drug-likeness (QED) is 0.866. The van der Waals surface area contributed by atoms with Crippen molar-refractivity contribution in [2.75, 3.05) is 6.54 Å². The second-order valence-electron chi connectivity index (χ2n) is 5.51. The van der Waals surface area contributed by atoms with E-state index in [1.54, 1.807) is 10.9 Å². The van der Waals surface area contributed by atoms with Gasteiger partial charge in [0.05, 0.1) is 17.4 Å². The van der Waals surface area contributed by atoms with Crippen LogP contribution in [0.25, 0.3) is 11.0 Å². The van der Waals surface area contributed by atoms with Crippen LogP contribution in [0.15, 0.2) is 12.3 Å². The minimum absolute atomic E-state index is 0.121. The summed E-state index contributed by atoms with van der Waals surface area (Å²) in [7, 11) is 1.84. The van der Waals surface area contributed by atoms with Crippen LogP contribution in [0.3, 0.4) is 0 Å². The number of nitrogens with zero attached hydrogens (tertiary/aromatic N) is 3. The van der Waals surface area contributed by atoms with E-state index in [1.165, 1.54) is 0 Å². The van der Waals surface area contributed by atoms with Crippen LogP contribution in [0.5, 0.6) is 0 Å². The highest BCUT2D eigenvalue weighted by molar-refractivity contribution is 5.97. The molecule has 0 spiro atoms. The average Bonchev–Trinajstić information content (AvgIpc) is 2.68. The Kier molecular flexibility index (Phi) is 3.17. The van der Waals surface area contributed by atoms with Crippen LogP contribution in [0.1, 0.15) is 28.9 Å². The molecule has 0 aromatic carbocycles. The maximum absolute atomic E-state index is 12.1. The SMILES string of the molecule is Cc1nn(C)c2ncc(C(=O)NCC3CC(O)C3)cc12. The summed E-state index contributed by atoms with van der Waals surface area (Å²) in [5, 5.41) is 17.3. The lowest BCUT2D eigenvalue weighted by molar-refractivity contribution is 0.0420. The van der Waals surface area contributed by atoms with Crippen molar-refractivity contribution in [2.45, 2.75) is 25.9 Å². The van der Waals surface area contributed by atoms with E-state index >= 15 is 0 Å². The van der Waals surface area contributed by atoms with E-state index in [2.05, 4.69) is 15.4 Å². The lowest BCUT2D eigenvalue weighted by atomic mass is 9.82. The third kappa shape index (κ3) is 2.27. The minimum atomic E-state index is -0.187. The Morgan fingerprint density at radius 1 is 1.55 bits per heavy atom. The number of nitrogens with one attached hydrogen (secondary N) is 1. The average molecular weight is 274 g/mol. The van der Waals surface area contributed by atoms with E-state index in [4.69, 9.17) is 0 Å². The first kappa shape index (κ1) is 13.1. The van der Waals surface area contributed by atoms with Gasteiger partial charge in [-0.2, -0.15) is 5.10 Å². The molecule has 106 valence electrons. The zero-order valence-electron chi connectivity index (χ0n) is 11.6. The Morgan fingerprint density at radius 2 is 2.30 bits per heavy atom.